The van der Waals surface area contributed by atoms with Gasteiger partial charge in [0.25, 0.3) is 0 Å². The van der Waals surface area contributed by atoms with Gasteiger partial charge in [0.2, 0.25) is 0 Å². The Hall–Kier alpha value is -1.02. The zero-order chi connectivity index (χ0) is 12.5. The molecule has 2 nitrogen and oxygen atoms in total. The fourth-order valence-corrected chi connectivity index (χ4v) is 1.99. The molecule has 0 spiro atoms. The third-order valence-corrected chi connectivity index (χ3v) is 3.16. The maximum Gasteiger partial charge on any atom is 0.118 e. The van der Waals surface area contributed by atoms with Crippen LogP contribution in [0.4, 0.5) is 0 Å². The van der Waals surface area contributed by atoms with Gasteiger partial charge in [0.05, 0.1) is 7.11 Å². The van der Waals surface area contributed by atoms with Gasteiger partial charge >= 0.3 is 0 Å². The Morgan fingerprint density at radius 3 is 2.29 bits per heavy atom. The summed E-state index contributed by atoms with van der Waals surface area (Å²) in [6.07, 6.45) is 7.59. The van der Waals surface area contributed by atoms with Gasteiger partial charge in [0.1, 0.15) is 5.75 Å². The number of benzene rings is 1. The van der Waals surface area contributed by atoms with Crippen molar-refractivity contribution in [2.45, 2.75) is 51.5 Å². The zero-order valence-corrected chi connectivity index (χ0v) is 11.1. The predicted molar refractivity (Wildman–Crippen MR) is 73.3 cm³/mol. The summed E-state index contributed by atoms with van der Waals surface area (Å²) in [5.41, 5.74) is 7.37. The Labute approximate surface area is 105 Å². The van der Waals surface area contributed by atoms with Gasteiger partial charge in [-0.25, -0.2) is 0 Å². The molecule has 0 saturated carbocycles. The van der Waals surface area contributed by atoms with Crippen LogP contribution < -0.4 is 10.5 Å². The van der Waals surface area contributed by atoms with Crippen molar-refractivity contribution in [3.63, 3.8) is 0 Å². The van der Waals surface area contributed by atoms with Gasteiger partial charge in [-0.05, 0) is 24.1 Å². The van der Waals surface area contributed by atoms with Crippen molar-refractivity contribution in [3.05, 3.63) is 29.8 Å². The molecule has 0 aliphatic rings. The monoisotopic (exact) mass is 235 g/mol. The molecule has 2 heteroatoms. The number of hydrogen-bond acceptors (Lipinski definition) is 2. The molecular formula is C15H25NO. The second kappa shape index (κ2) is 8.13. The Morgan fingerprint density at radius 2 is 1.71 bits per heavy atom. The van der Waals surface area contributed by atoms with E-state index in [1.807, 2.05) is 12.1 Å². The van der Waals surface area contributed by atoms with Crippen LogP contribution in [0.25, 0.3) is 0 Å². The quantitative estimate of drug-likeness (QED) is 0.690. The average Bonchev–Trinajstić information content (AvgIpc) is 2.38. The highest BCUT2D eigenvalue weighted by Gasteiger charge is 2.05. The van der Waals surface area contributed by atoms with E-state index in [2.05, 4.69) is 19.1 Å². The lowest BCUT2D eigenvalue weighted by molar-refractivity contribution is 0.414. The van der Waals surface area contributed by atoms with Crippen LogP contribution in [0.15, 0.2) is 24.3 Å². The molecule has 0 aromatic heterocycles. The maximum absolute atomic E-state index is 6.16. The Kier molecular flexibility index (Phi) is 6.71. The van der Waals surface area contributed by atoms with Crippen LogP contribution in [0, 0.1) is 0 Å². The van der Waals surface area contributed by atoms with Gasteiger partial charge < -0.3 is 10.5 Å². The van der Waals surface area contributed by atoms with Crippen molar-refractivity contribution in [3.8, 4) is 5.75 Å². The molecule has 0 amide bonds. The van der Waals surface area contributed by atoms with E-state index in [1.54, 1.807) is 7.11 Å². The second-order valence-electron chi connectivity index (χ2n) is 4.58. The minimum Gasteiger partial charge on any atom is -0.497 e. The molecule has 0 aliphatic carbocycles. The van der Waals surface area contributed by atoms with Crippen molar-refractivity contribution in [2.24, 2.45) is 5.73 Å². The molecule has 0 radical (unpaired) electrons. The van der Waals surface area contributed by atoms with E-state index < -0.39 is 0 Å². The van der Waals surface area contributed by atoms with Crippen molar-refractivity contribution < 1.29 is 4.74 Å². The molecule has 2 N–H and O–H groups in total. The minimum atomic E-state index is 0.169. The van der Waals surface area contributed by atoms with E-state index in [-0.39, 0.29) is 6.04 Å². The average molecular weight is 235 g/mol. The first-order valence-corrected chi connectivity index (χ1v) is 6.67. The molecule has 1 atom stereocenters. The van der Waals surface area contributed by atoms with Crippen LogP contribution in [-0.2, 0) is 0 Å². The number of unbranched alkanes of at least 4 members (excludes halogenated alkanes) is 4. The van der Waals surface area contributed by atoms with E-state index >= 15 is 0 Å². The van der Waals surface area contributed by atoms with Gasteiger partial charge in [-0.1, -0.05) is 51.2 Å². The second-order valence-corrected chi connectivity index (χ2v) is 4.58. The number of nitrogens with two attached hydrogens (primary N) is 1. The number of hydrogen-bond donors (Lipinski definition) is 1. The van der Waals surface area contributed by atoms with Crippen molar-refractivity contribution in [1.82, 2.24) is 0 Å². The van der Waals surface area contributed by atoms with Gasteiger partial charge in [-0.2, -0.15) is 0 Å². The summed E-state index contributed by atoms with van der Waals surface area (Å²) in [7, 11) is 1.68. The van der Waals surface area contributed by atoms with E-state index in [0.717, 1.165) is 12.2 Å². The molecule has 96 valence electrons. The molecule has 0 bridgehead atoms. The summed E-state index contributed by atoms with van der Waals surface area (Å²) in [6.45, 7) is 2.24. The maximum atomic E-state index is 6.16. The van der Waals surface area contributed by atoms with Gasteiger partial charge in [0, 0.05) is 6.04 Å². The van der Waals surface area contributed by atoms with E-state index in [4.69, 9.17) is 10.5 Å². The third-order valence-electron chi connectivity index (χ3n) is 3.16. The number of methoxy groups -OCH3 is 1. The SMILES string of the molecule is CCCCCCCC(N)c1ccc(OC)cc1. The summed E-state index contributed by atoms with van der Waals surface area (Å²) in [6, 6.07) is 8.26. The Morgan fingerprint density at radius 1 is 1.06 bits per heavy atom. The Bertz CT molecular complexity index is 294. The van der Waals surface area contributed by atoms with Crippen molar-refractivity contribution >= 4 is 0 Å². The number of rotatable bonds is 8. The molecular weight excluding hydrogens is 210 g/mol. The largest absolute Gasteiger partial charge is 0.497 e. The van der Waals surface area contributed by atoms with Gasteiger partial charge in [-0.15, -0.1) is 0 Å². The summed E-state index contributed by atoms with van der Waals surface area (Å²) < 4.78 is 5.13. The molecule has 0 heterocycles. The molecule has 17 heavy (non-hydrogen) atoms. The first kappa shape index (κ1) is 14.0. The van der Waals surface area contributed by atoms with Gasteiger partial charge in [0.15, 0.2) is 0 Å². The first-order chi connectivity index (χ1) is 8.27. The molecule has 0 fully saturated rings. The minimum absolute atomic E-state index is 0.169. The lowest BCUT2D eigenvalue weighted by Gasteiger charge is -2.12. The van der Waals surface area contributed by atoms with Crippen molar-refractivity contribution in [1.29, 1.82) is 0 Å². The highest BCUT2D eigenvalue weighted by Crippen LogP contribution is 2.20. The number of ether oxygens (including phenoxy) is 1. The summed E-state index contributed by atoms with van der Waals surface area (Å²) in [4.78, 5) is 0. The van der Waals surface area contributed by atoms with Crippen LogP contribution in [0.2, 0.25) is 0 Å². The van der Waals surface area contributed by atoms with E-state index in [9.17, 15) is 0 Å². The summed E-state index contributed by atoms with van der Waals surface area (Å²) >= 11 is 0. The third kappa shape index (κ3) is 5.22. The molecule has 0 saturated heterocycles. The zero-order valence-electron chi connectivity index (χ0n) is 11.1. The summed E-state index contributed by atoms with van der Waals surface area (Å²) in [5.74, 6) is 0.892. The molecule has 1 aromatic carbocycles. The van der Waals surface area contributed by atoms with Crippen LogP contribution in [0.3, 0.4) is 0 Å². The van der Waals surface area contributed by atoms with Crippen LogP contribution >= 0.6 is 0 Å². The standard InChI is InChI=1S/C15H25NO/c1-3-4-5-6-7-8-15(16)13-9-11-14(17-2)12-10-13/h9-12,15H,3-8,16H2,1-2H3. The van der Waals surface area contributed by atoms with Gasteiger partial charge in [-0.3, -0.25) is 0 Å². The fourth-order valence-electron chi connectivity index (χ4n) is 1.99. The van der Waals surface area contributed by atoms with E-state index in [0.29, 0.717) is 0 Å². The Balaban J connectivity index is 2.28. The summed E-state index contributed by atoms with van der Waals surface area (Å²) in [5, 5.41) is 0. The molecule has 1 rings (SSSR count). The first-order valence-electron chi connectivity index (χ1n) is 6.67. The lowest BCUT2D eigenvalue weighted by Crippen LogP contribution is -2.09. The normalized spacial score (nSPS) is 12.4. The van der Waals surface area contributed by atoms with Crippen LogP contribution in [-0.4, -0.2) is 7.11 Å². The highest BCUT2D eigenvalue weighted by molar-refractivity contribution is 5.28. The molecule has 1 unspecified atom stereocenters. The molecule has 0 aliphatic heterocycles. The van der Waals surface area contributed by atoms with Crippen LogP contribution in [0.5, 0.6) is 5.75 Å². The smallest absolute Gasteiger partial charge is 0.118 e. The van der Waals surface area contributed by atoms with Crippen LogP contribution in [0.1, 0.15) is 57.1 Å². The van der Waals surface area contributed by atoms with Crippen molar-refractivity contribution in [2.75, 3.05) is 7.11 Å². The topological polar surface area (TPSA) is 35.2 Å². The molecule has 1 aromatic rings. The lowest BCUT2D eigenvalue weighted by atomic mass is 10.0. The predicted octanol–water partition coefficient (Wildman–Crippen LogP) is 4.06. The van der Waals surface area contributed by atoms with E-state index in [1.165, 1.54) is 37.7 Å². The highest BCUT2D eigenvalue weighted by atomic mass is 16.5. The fraction of sp³-hybridized carbons (Fsp3) is 0.600.